The van der Waals surface area contributed by atoms with Crippen LogP contribution in [0.1, 0.15) is 44.7 Å². The Kier molecular flexibility index (Phi) is 5.55. The van der Waals surface area contributed by atoms with Crippen molar-refractivity contribution < 1.29 is 9.32 Å². The van der Waals surface area contributed by atoms with Gasteiger partial charge in [-0.3, -0.25) is 14.8 Å². The third-order valence-corrected chi connectivity index (χ3v) is 6.30. The Bertz CT molecular complexity index is 1210. The average molecular weight is 419 g/mol. The highest BCUT2D eigenvalue weighted by atomic mass is 32.1. The van der Waals surface area contributed by atoms with Crippen molar-refractivity contribution in [3.8, 4) is 22.0 Å². The molecular weight excluding hydrogens is 396 g/mol. The van der Waals surface area contributed by atoms with Crippen LogP contribution in [0.25, 0.3) is 22.0 Å². The van der Waals surface area contributed by atoms with Gasteiger partial charge in [0, 0.05) is 46.4 Å². The van der Waals surface area contributed by atoms with Gasteiger partial charge in [0.25, 0.3) is 0 Å². The van der Waals surface area contributed by atoms with E-state index in [9.17, 15) is 4.79 Å². The van der Waals surface area contributed by atoms with Gasteiger partial charge in [0.15, 0.2) is 5.78 Å². The normalized spacial score (nSPS) is 11.1. The van der Waals surface area contributed by atoms with Crippen LogP contribution in [0, 0.1) is 20.8 Å². The molecular formula is C23H22N4O2S. The van der Waals surface area contributed by atoms with E-state index in [-0.39, 0.29) is 12.2 Å². The summed E-state index contributed by atoms with van der Waals surface area (Å²) in [5, 5.41) is 4.91. The zero-order valence-corrected chi connectivity index (χ0v) is 18.2. The molecule has 0 fully saturated rings. The van der Waals surface area contributed by atoms with Gasteiger partial charge in [0.1, 0.15) is 16.5 Å². The molecule has 0 aliphatic carbocycles. The zero-order chi connectivity index (χ0) is 21.3. The van der Waals surface area contributed by atoms with Gasteiger partial charge in [-0.1, -0.05) is 12.1 Å². The van der Waals surface area contributed by atoms with E-state index in [2.05, 4.69) is 22.0 Å². The quantitative estimate of drug-likeness (QED) is 0.402. The van der Waals surface area contributed by atoms with Crippen LogP contribution in [0.2, 0.25) is 0 Å². The molecule has 4 rings (SSSR count). The van der Waals surface area contributed by atoms with E-state index >= 15 is 0 Å². The molecule has 4 aromatic rings. The summed E-state index contributed by atoms with van der Waals surface area (Å²) in [6.07, 6.45) is 6.30. The largest absolute Gasteiger partial charge is 0.361 e. The van der Waals surface area contributed by atoms with Crippen LogP contribution < -0.4 is 0 Å². The highest BCUT2D eigenvalue weighted by Crippen LogP contribution is 2.33. The number of thiazole rings is 1. The third-order valence-electron chi connectivity index (χ3n) is 5.07. The van der Waals surface area contributed by atoms with Crippen molar-refractivity contribution in [3.05, 3.63) is 69.8 Å². The Morgan fingerprint density at radius 3 is 2.63 bits per heavy atom. The number of rotatable bonds is 6. The van der Waals surface area contributed by atoms with Crippen LogP contribution >= 0.6 is 11.3 Å². The van der Waals surface area contributed by atoms with E-state index in [4.69, 9.17) is 9.51 Å². The van der Waals surface area contributed by atoms with E-state index in [0.29, 0.717) is 5.56 Å². The van der Waals surface area contributed by atoms with Crippen LogP contribution in [0.15, 0.2) is 41.3 Å². The van der Waals surface area contributed by atoms with Crippen LogP contribution in [0.4, 0.5) is 0 Å². The predicted molar refractivity (Wildman–Crippen MR) is 117 cm³/mol. The van der Waals surface area contributed by atoms with E-state index in [0.717, 1.165) is 55.8 Å². The standard InChI is InChI=1S/C23H22N4O2S/c1-5-21-22(26-23(30-21)19-8-14(3)29-27-19)16-6-7-17(25-11-16)9-20(28)18-12-24-10-13(2)15(18)4/h6-8,10-12H,5,9H2,1-4H3. The number of aryl methyl sites for hydroxylation is 3. The number of carbonyl (C=O) groups excluding carboxylic acids is 1. The fourth-order valence-electron chi connectivity index (χ4n) is 3.23. The van der Waals surface area contributed by atoms with Gasteiger partial charge in [-0.15, -0.1) is 11.3 Å². The third kappa shape index (κ3) is 3.93. The molecule has 0 atom stereocenters. The van der Waals surface area contributed by atoms with Crippen molar-refractivity contribution in [1.82, 2.24) is 20.1 Å². The van der Waals surface area contributed by atoms with Crippen LogP contribution in [0.3, 0.4) is 0 Å². The summed E-state index contributed by atoms with van der Waals surface area (Å²) in [6, 6.07) is 5.75. The SMILES string of the molecule is CCc1sc(-c2cc(C)on2)nc1-c1ccc(CC(=O)c2cncc(C)c2C)nc1. The number of Topliss-reactive ketones (excluding diaryl/α,β-unsaturated/α-hetero) is 1. The molecule has 0 amide bonds. The number of nitrogens with zero attached hydrogens (tertiary/aromatic N) is 4. The lowest BCUT2D eigenvalue weighted by Crippen LogP contribution is -2.08. The summed E-state index contributed by atoms with van der Waals surface area (Å²) in [5.74, 6) is 0.782. The molecule has 30 heavy (non-hydrogen) atoms. The number of aromatic nitrogens is 4. The molecule has 0 saturated carbocycles. The second kappa shape index (κ2) is 8.28. The lowest BCUT2D eigenvalue weighted by atomic mass is 10.0. The van der Waals surface area contributed by atoms with Crippen molar-refractivity contribution in [2.45, 2.75) is 40.5 Å². The number of hydrogen-bond donors (Lipinski definition) is 0. The molecule has 0 bridgehead atoms. The molecule has 0 aliphatic heterocycles. The second-order valence-electron chi connectivity index (χ2n) is 7.23. The summed E-state index contributed by atoms with van der Waals surface area (Å²) in [7, 11) is 0. The van der Waals surface area contributed by atoms with Crippen LogP contribution in [0.5, 0.6) is 0 Å². The number of hydrogen-bond acceptors (Lipinski definition) is 7. The molecule has 0 N–H and O–H groups in total. The Hall–Kier alpha value is -3.19. The molecule has 0 aliphatic rings. The number of ketones is 1. The van der Waals surface area contributed by atoms with Crippen LogP contribution in [-0.4, -0.2) is 25.9 Å². The minimum absolute atomic E-state index is 0.0237. The molecule has 4 aromatic heterocycles. The highest BCUT2D eigenvalue weighted by Gasteiger charge is 2.17. The lowest BCUT2D eigenvalue weighted by molar-refractivity contribution is 0.0991. The van der Waals surface area contributed by atoms with Crippen molar-refractivity contribution in [3.63, 3.8) is 0 Å². The van der Waals surface area contributed by atoms with Crippen molar-refractivity contribution in [1.29, 1.82) is 0 Å². The van der Waals surface area contributed by atoms with Crippen LogP contribution in [-0.2, 0) is 12.8 Å². The maximum atomic E-state index is 12.7. The zero-order valence-electron chi connectivity index (χ0n) is 17.4. The van der Waals surface area contributed by atoms with E-state index in [1.54, 1.807) is 29.9 Å². The molecule has 7 heteroatoms. The van der Waals surface area contributed by atoms with Gasteiger partial charge in [-0.2, -0.15) is 0 Å². The van der Waals surface area contributed by atoms with Gasteiger partial charge in [-0.05, 0) is 50.5 Å². The molecule has 0 unspecified atom stereocenters. The number of pyridine rings is 2. The van der Waals surface area contributed by atoms with E-state index in [1.165, 1.54) is 0 Å². The van der Waals surface area contributed by atoms with E-state index < -0.39 is 0 Å². The highest BCUT2D eigenvalue weighted by molar-refractivity contribution is 7.15. The van der Waals surface area contributed by atoms with Crippen molar-refractivity contribution in [2.24, 2.45) is 0 Å². The Morgan fingerprint density at radius 2 is 1.97 bits per heavy atom. The van der Waals surface area contributed by atoms with Gasteiger partial charge in [-0.25, -0.2) is 4.98 Å². The first-order chi connectivity index (χ1) is 14.5. The maximum Gasteiger partial charge on any atom is 0.170 e. The van der Waals surface area contributed by atoms with Gasteiger partial charge >= 0.3 is 0 Å². The molecule has 152 valence electrons. The molecule has 4 heterocycles. The first kappa shape index (κ1) is 20.1. The first-order valence-electron chi connectivity index (χ1n) is 9.79. The van der Waals surface area contributed by atoms with Gasteiger partial charge < -0.3 is 4.52 Å². The summed E-state index contributed by atoms with van der Waals surface area (Å²) in [5.41, 5.74) is 5.94. The van der Waals surface area contributed by atoms with Crippen molar-refractivity contribution >= 4 is 17.1 Å². The summed E-state index contributed by atoms with van der Waals surface area (Å²) in [4.78, 5) is 27.3. The van der Waals surface area contributed by atoms with E-state index in [1.807, 2.05) is 39.0 Å². The second-order valence-corrected chi connectivity index (χ2v) is 8.32. The molecule has 0 aromatic carbocycles. The summed E-state index contributed by atoms with van der Waals surface area (Å²) in [6.45, 7) is 7.88. The Morgan fingerprint density at radius 1 is 1.13 bits per heavy atom. The average Bonchev–Trinajstić information content (AvgIpc) is 3.36. The predicted octanol–water partition coefficient (Wildman–Crippen LogP) is 5.17. The molecule has 6 nitrogen and oxygen atoms in total. The minimum atomic E-state index is 0.0237. The summed E-state index contributed by atoms with van der Waals surface area (Å²) < 4.78 is 5.18. The minimum Gasteiger partial charge on any atom is -0.361 e. The van der Waals surface area contributed by atoms with Gasteiger partial charge in [0.05, 0.1) is 12.1 Å². The Labute approximate surface area is 179 Å². The monoisotopic (exact) mass is 418 g/mol. The fraction of sp³-hybridized carbons (Fsp3) is 0.261. The van der Waals surface area contributed by atoms with Gasteiger partial charge in [0.2, 0.25) is 0 Å². The molecule has 0 spiro atoms. The summed E-state index contributed by atoms with van der Waals surface area (Å²) >= 11 is 1.61. The lowest BCUT2D eigenvalue weighted by Gasteiger charge is -2.07. The smallest absolute Gasteiger partial charge is 0.170 e. The topological polar surface area (TPSA) is 81.8 Å². The number of carbonyl (C=O) groups is 1. The maximum absolute atomic E-state index is 12.7. The van der Waals surface area contributed by atoms with Crippen molar-refractivity contribution in [2.75, 3.05) is 0 Å². The first-order valence-corrected chi connectivity index (χ1v) is 10.6. The Balaban J connectivity index is 1.57. The molecule has 0 saturated heterocycles. The molecule has 0 radical (unpaired) electrons. The fourth-order valence-corrected chi connectivity index (χ4v) is 4.21.